The molecule has 0 spiro atoms. The molecule has 0 amide bonds. The van der Waals surface area contributed by atoms with E-state index in [1.165, 1.54) is 0 Å². The van der Waals surface area contributed by atoms with Crippen molar-refractivity contribution in [3.63, 3.8) is 0 Å². The van der Waals surface area contributed by atoms with E-state index in [4.69, 9.17) is 5.73 Å². The van der Waals surface area contributed by atoms with Gasteiger partial charge in [0.2, 0.25) is 0 Å². The summed E-state index contributed by atoms with van der Waals surface area (Å²) in [7, 11) is 0. The first-order chi connectivity index (χ1) is 8.70. The number of nitrogens with two attached hydrogens (primary N) is 1. The molecule has 96 valence electrons. The van der Waals surface area contributed by atoms with Gasteiger partial charge in [0.15, 0.2) is 5.82 Å². The molecule has 0 aliphatic carbocycles. The maximum absolute atomic E-state index is 5.49. The second-order valence-electron chi connectivity index (χ2n) is 4.36. The summed E-state index contributed by atoms with van der Waals surface area (Å²) in [6, 6.07) is 4.00. The predicted molar refractivity (Wildman–Crippen MR) is 68.8 cm³/mol. The van der Waals surface area contributed by atoms with Crippen LogP contribution in [0.5, 0.6) is 0 Å². The van der Waals surface area contributed by atoms with Crippen LogP contribution < -0.4 is 5.73 Å². The van der Waals surface area contributed by atoms with Crippen molar-refractivity contribution in [1.82, 2.24) is 25.2 Å². The highest BCUT2D eigenvalue weighted by molar-refractivity contribution is 5.55. The average Bonchev–Trinajstić information content (AvgIpc) is 2.76. The van der Waals surface area contributed by atoms with E-state index in [-0.39, 0.29) is 0 Å². The van der Waals surface area contributed by atoms with Crippen molar-refractivity contribution >= 4 is 0 Å². The van der Waals surface area contributed by atoms with Gasteiger partial charge >= 0.3 is 0 Å². The van der Waals surface area contributed by atoms with Crippen LogP contribution in [0.25, 0.3) is 11.4 Å². The summed E-state index contributed by atoms with van der Waals surface area (Å²) in [5.41, 5.74) is 8.45. The molecule has 0 aliphatic rings. The Morgan fingerprint density at radius 1 is 1.17 bits per heavy atom. The SMILES string of the molecule is Cc1cc(-c2nnnn2CCCCN)cc(C)n1. The molecule has 6 heteroatoms. The van der Waals surface area contributed by atoms with Gasteiger partial charge in [-0.2, -0.15) is 0 Å². The fourth-order valence-corrected chi connectivity index (χ4v) is 1.93. The Kier molecular flexibility index (Phi) is 3.99. The van der Waals surface area contributed by atoms with E-state index in [9.17, 15) is 0 Å². The van der Waals surface area contributed by atoms with Crippen LogP contribution in [0, 0.1) is 13.8 Å². The summed E-state index contributed by atoms with van der Waals surface area (Å²) < 4.78 is 1.82. The lowest BCUT2D eigenvalue weighted by Gasteiger charge is -2.05. The number of aryl methyl sites for hydroxylation is 3. The van der Waals surface area contributed by atoms with Crippen LogP contribution in [0.4, 0.5) is 0 Å². The number of nitrogens with zero attached hydrogens (tertiary/aromatic N) is 5. The highest BCUT2D eigenvalue weighted by Crippen LogP contribution is 2.17. The van der Waals surface area contributed by atoms with Crippen LogP contribution in [0.2, 0.25) is 0 Å². The number of tetrazole rings is 1. The molecule has 0 aliphatic heterocycles. The number of hydrogen-bond donors (Lipinski definition) is 1. The van der Waals surface area contributed by atoms with Crippen LogP contribution in [0.1, 0.15) is 24.2 Å². The molecule has 0 radical (unpaired) electrons. The van der Waals surface area contributed by atoms with E-state index in [1.807, 2.05) is 30.7 Å². The molecule has 6 nitrogen and oxygen atoms in total. The highest BCUT2D eigenvalue weighted by Gasteiger charge is 2.09. The minimum absolute atomic E-state index is 0.699. The Balaban J connectivity index is 2.24. The molecule has 0 aromatic carbocycles. The van der Waals surface area contributed by atoms with E-state index in [1.54, 1.807) is 0 Å². The van der Waals surface area contributed by atoms with Gasteiger partial charge in [0, 0.05) is 23.5 Å². The zero-order valence-electron chi connectivity index (χ0n) is 10.8. The average molecular weight is 246 g/mol. The quantitative estimate of drug-likeness (QED) is 0.798. The van der Waals surface area contributed by atoms with E-state index < -0.39 is 0 Å². The number of unbranched alkanes of at least 4 members (excludes halogenated alkanes) is 1. The first kappa shape index (κ1) is 12.6. The van der Waals surface area contributed by atoms with Crippen LogP contribution in [-0.4, -0.2) is 31.7 Å². The Hall–Kier alpha value is -1.82. The normalized spacial score (nSPS) is 10.8. The summed E-state index contributed by atoms with van der Waals surface area (Å²) in [6.07, 6.45) is 1.96. The van der Waals surface area contributed by atoms with E-state index in [2.05, 4.69) is 20.5 Å². The Morgan fingerprint density at radius 2 is 1.89 bits per heavy atom. The van der Waals surface area contributed by atoms with Crippen molar-refractivity contribution in [2.75, 3.05) is 6.54 Å². The van der Waals surface area contributed by atoms with Gasteiger partial charge in [-0.15, -0.1) is 5.10 Å². The van der Waals surface area contributed by atoms with Crippen molar-refractivity contribution in [3.8, 4) is 11.4 Å². The Labute approximate surface area is 106 Å². The van der Waals surface area contributed by atoms with E-state index in [0.29, 0.717) is 6.54 Å². The number of rotatable bonds is 5. The second-order valence-corrected chi connectivity index (χ2v) is 4.36. The summed E-state index contributed by atoms with van der Waals surface area (Å²) in [5.74, 6) is 0.792. The molecule has 0 atom stereocenters. The third-order valence-electron chi connectivity index (χ3n) is 2.70. The molecule has 0 saturated heterocycles. The summed E-state index contributed by atoms with van der Waals surface area (Å²) in [6.45, 7) is 5.43. The first-order valence-corrected chi connectivity index (χ1v) is 6.12. The number of pyridine rings is 1. The summed E-state index contributed by atoms with van der Waals surface area (Å²) in [5, 5.41) is 11.9. The van der Waals surface area contributed by atoms with E-state index in [0.717, 1.165) is 42.2 Å². The minimum atomic E-state index is 0.699. The minimum Gasteiger partial charge on any atom is -0.330 e. The fourth-order valence-electron chi connectivity index (χ4n) is 1.93. The van der Waals surface area contributed by atoms with Crippen molar-refractivity contribution < 1.29 is 0 Å². The zero-order chi connectivity index (χ0) is 13.0. The third-order valence-corrected chi connectivity index (χ3v) is 2.70. The third kappa shape index (κ3) is 2.89. The van der Waals surface area contributed by atoms with Gasteiger partial charge in [0.25, 0.3) is 0 Å². The Morgan fingerprint density at radius 3 is 2.56 bits per heavy atom. The van der Waals surface area contributed by atoms with Gasteiger partial charge < -0.3 is 5.73 Å². The van der Waals surface area contributed by atoms with Gasteiger partial charge in [-0.1, -0.05) is 0 Å². The maximum Gasteiger partial charge on any atom is 0.182 e. The molecule has 0 saturated carbocycles. The fraction of sp³-hybridized carbons (Fsp3) is 0.500. The first-order valence-electron chi connectivity index (χ1n) is 6.12. The lowest BCUT2D eigenvalue weighted by atomic mass is 10.2. The largest absolute Gasteiger partial charge is 0.330 e. The van der Waals surface area contributed by atoms with Crippen LogP contribution in [0.15, 0.2) is 12.1 Å². The summed E-state index contributed by atoms with van der Waals surface area (Å²) in [4.78, 5) is 4.35. The van der Waals surface area contributed by atoms with Crippen LogP contribution in [-0.2, 0) is 6.54 Å². The lowest BCUT2D eigenvalue weighted by Crippen LogP contribution is -2.06. The smallest absolute Gasteiger partial charge is 0.182 e. The molecule has 2 heterocycles. The molecular formula is C12H18N6. The zero-order valence-corrected chi connectivity index (χ0v) is 10.8. The van der Waals surface area contributed by atoms with E-state index >= 15 is 0 Å². The van der Waals surface area contributed by atoms with Gasteiger partial charge in [-0.25, -0.2) is 4.68 Å². The van der Waals surface area contributed by atoms with Crippen molar-refractivity contribution in [2.45, 2.75) is 33.2 Å². The molecule has 0 unspecified atom stereocenters. The monoisotopic (exact) mass is 246 g/mol. The van der Waals surface area contributed by atoms with Gasteiger partial charge in [0.05, 0.1) is 0 Å². The molecule has 0 fully saturated rings. The van der Waals surface area contributed by atoms with Crippen molar-refractivity contribution in [1.29, 1.82) is 0 Å². The Bertz CT molecular complexity index is 499. The van der Waals surface area contributed by atoms with Crippen molar-refractivity contribution in [2.24, 2.45) is 5.73 Å². The molecule has 2 aromatic heterocycles. The highest BCUT2D eigenvalue weighted by atomic mass is 15.5. The van der Waals surface area contributed by atoms with Gasteiger partial charge in [0.1, 0.15) is 0 Å². The molecular weight excluding hydrogens is 228 g/mol. The standard InChI is InChI=1S/C12H18N6/c1-9-7-11(8-10(2)14-9)12-15-16-17-18(12)6-4-3-5-13/h7-8H,3-6,13H2,1-2H3. The number of aromatic nitrogens is 5. The van der Waals surface area contributed by atoms with Crippen molar-refractivity contribution in [3.05, 3.63) is 23.5 Å². The number of hydrogen-bond acceptors (Lipinski definition) is 5. The van der Waals surface area contributed by atoms with Crippen LogP contribution in [0.3, 0.4) is 0 Å². The molecule has 2 rings (SSSR count). The second kappa shape index (κ2) is 5.68. The predicted octanol–water partition coefficient (Wildman–Crippen LogP) is 1.09. The molecule has 2 N–H and O–H groups in total. The molecule has 18 heavy (non-hydrogen) atoms. The molecule has 2 aromatic rings. The van der Waals surface area contributed by atoms with Gasteiger partial charge in [-0.3, -0.25) is 4.98 Å². The molecule has 0 bridgehead atoms. The lowest BCUT2D eigenvalue weighted by molar-refractivity contribution is 0.548. The van der Waals surface area contributed by atoms with Crippen LogP contribution >= 0.6 is 0 Å². The van der Waals surface area contributed by atoms with Gasteiger partial charge in [-0.05, 0) is 55.8 Å². The maximum atomic E-state index is 5.49. The summed E-state index contributed by atoms with van der Waals surface area (Å²) >= 11 is 0. The topological polar surface area (TPSA) is 82.5 Å².